The fraction of sp³-hybridized carbons (Fsp3) is 0.375. The lowest BCUT2D eigenvalue weighted by Gasteiger charge is -2.28. The van der Waals surface area contributed by atoms with E-state index in [9.17, 15) is 35.9 Å². The molecular formula is C24H21F4NO4S. The number of halogens is 4. The van der Waals surface area contributed by atoms with Crippen molar-refractivity contribution in [3.63, 3.8) is 0 Å². The summed E-state index contributed by atoms with van der Waals surface area (Å²) in [5.74, 6) is 3.08. The second-order valence-electron chi connectivity index (χ2n) is 8.73. The van der Waals surface area contributed by atoms with Crippen molar-refractivity contribution in [2.45, 2.75) is 54.7 Å². The van der Waals surface area contributed by atoms with Crippen LogP contribution < -0.4 is 5.32 Å². The molecular weight excluding hydrogens is 474 g/mol. The first kappa shape index (κ1) is 24.2. The van der Waals surface area contributed by atoms with Crippen molar-refractivity contribution in [3.05, 3.63) is 58.9 Å². The predicted molar refractivity (Wildman–Crippen MR) is 116 cm³/mol. The number of aliphatic hydroxyl groups is 1. The molecule has 4 rings (SSSR count). The maximum absolute atomic E-state index is 14.6. The molecule has 1 saturated carbocycles. The van der Waals surface area contributed by atoms with Crippen LogP contribution in [0.1, 0.15) is 42.9 Å². The molecule has 0 saturated heterocycles. The largest absolute Gasteiger partial charge is 0.416 e. The molecule has 5 nitrogen and oxygen atoms in total. The minimum atomic E-state index is -4.67. The summed E-state index contributed by atoms with van der Waals surface area (Å²) in [4.78, 5) is 13.2. The van der Waals surface area contributed by atoms with Crippen molar-refractivity contribution in [1.82, 2.24) is 0 Å². The van der Waals surface area contributed by atoms with Gasteiger partial charge in [0.15, 0.2) is 9.84 Å². The van der Waals surface area contributed by atoms with Crippen LogP contribution in [0.15, 0.2) is 41.3 Å². The van der Waals surface area contributed by atoms with Gasteiger partial charge in [0.05, 0.1) is 16.2 Å². The zero-order chi connectivity index (χ0) is 24.9. The van der Waals surface area contributed by atoms with E-state index in [1.807, 2.05) is 0 Å². The highest BCUT2D eigenvalue weighted by Crippen LogP contribution is 2.55. The quantitative estimate of drug-likeness (QED) is 0.486. The normalized spacial score (nSPS) is 19.4. The van der Waals surface area contributed by atoms with E-state index in [1.54, 1.807) is 0 Å². The van der Waals surface area contributed by atoms with E-state index < -0.39 is 50.7 Å². The molecule has 10 heteroatoms. The van der Waals surface area contributed by atoms with Crippen molar-refractivity contribution >= 4 is 21.4 Å². The van der Waals surface area contributed by atoms with E-state index in [0.29, 0.717) is 18.1 Å². The van der Waals surface area contributed by atoms with Crippen molar-refractivity contribution in [3.8, 4) is 11.8 Å². The van der Waals surface area contributed by atoms with E-state index in [-0.39, 0.29) is 34.7 Å². The van der Waals surface area contributed by atoms with Gasteiger partial charge in [-0.15, -0.1) is 5.92 Å². The molecule has 0 aromatic heterocycles. The van der Waals surface area contributed by atoms with Crippen LogP contribution in [-0.4, -0.2) is 30.8 Å². The molecule has 0 bridgehead atoms. The molecule has 2 N–H and O–H groups in total. The molecule has 1 atom stereocenters. The van der Waals surface area contributed by atoms with Crippen LogP contribution >= 0.6 is 0 Å². The number of carbonyl (C=O) groups is 1. The summed E-state index contributed by atoms with van der Waals surface area (Å²) < 4.78 is 78.1. The average Bonchev–Trinajstić information content (AvgIpc) is 3.45. The molecule has 2 aromatic carbocycles. The summed E-state index contributed by atoms with van der Waals surface area (Å²) in [5.41, 5.74) is -3.93. The van der Waals surface area contributed by atoms with Crippen LogP contribution in [0.4, 0.5) is 23.2 Å². The topological polar surface area (TPSA) is 83.5 Å². The Morgan fingerprint density at radius 2 is 1.88 bits per heavy atom. The van der Waals surface area contributed by atoms with E-state index >= 15 is 0 Å². The Morgan fingerprint density at radius 3 is 2.50 bits per heavy atom. The second kappa shape index (κ2) is 8.10. The summed E-state index contributed by atoms with van der Waals surface area (Å²) >= 11 is 0. The molecule has 34 heavy (non-hydrogen) atoms. The molecule has 1 fully saturated rings. The number of hydrogen-bond donors (Lipinski definition) is 2. The van der Waals surface area contributed by atoms with Gasteiger partial charge in [-0.3, -0.25) is 4.79 Å². The Hall–Kier alpha value is -2.90. The summed E-state index contributed by atoms with van der Waals surface area (Å²) in [6.07, 6.45) is -4.22. The third kappa shape index (κ3) is 4.42. The number of hydrogen-bond acceptors (Lipinski definition) is 4. The number of sulfone groups is 1. The van der Waals surface area contributed by atoms with Crippen LogP contribution in [0.3, 0.4) is 0 Å². The maximum Gasteiger partial charge on any atom is 0.416 e. The van der Waals surface area contributed by atoms with E-state index in [4.69, 9.17) is 0 Å². The number of fused-ring (bicyclic) bond motifs is 1. The van der Waals surface area contributed by atoms with Crippen molar-refractivity contribution in [1.29, 1.82) is 0 Å². The minimum absolute atomic E-state index is 0.0317. The Balaban J connectivity index is 1.62. The number of amides is 1. The summed E-state index contributed by atoms with van der Waals surface area (Å²) in [5, 5.41) is 13.7. The van der Waals surface area contributed by atoms with Crippen LogP contribution in [0.25, 0.3) is 0 Å². The summed E-state index contributed by atoms with van der Waals surface area (Å²) in [6, 6.07) is 6.37. The molecule has 180 valence electrons. The van der Waals surface area contributed by atoms with Gasteiger partial charge in [-0.1, -0.05) is 5.92 Å². The van der Waals surface area contributed by atoms with E-state index in [1.165, 1.54) is 25.1 Å². The van der Waals surface area contributed by atoms with Gasteiger partial charge in [0.25, 0.3) is 5.91 Å². The van der Waals surface area contributed by atoms with Gasteiger partial charge in [-0.25, -0.2) is 12.8 Å². The van der Waals surface area contributed by atoms with Gasteiger partial charge in [-0.05, 0) is 73.7 Å². The molecule has 0 radical (unpaired) electrons. The number of carbonyl (C=O) groups excluding carboxylic acids is 1. The lowest BCUT2D eigenvalue weighted by molar-refractivity contribution is -0.137. The highest BCUT2D eigenvalue weighted by molar-refractivity contribution is 7.91. The zero-order valence-corrected chi connectivity index (χ0v) is 18.9. The van der Waals surface area contributed by atoms with E-state index in [0.717, 1.165) is 12.1 Å². The monoisotopic (exact) mass is 495 g/mol. The first-order chi connectivity index (χ1) is 15.8. The second-order valence-corrected chi connectivity index (χ2v) is 10.8. The first-order valence-corrected chi connectivity index (χ1v) is 12.2. The highest BCUT2D eigenvalue weighted by atomic mass is 32.2. The van der Waals surface area contributed by atoms with Crippen LogP contribution in [0.5, 0.6) is 0 Å². The number of benzene rings is 2. The van der Waals surface area contributed by atoms with Crippen LogP contribution in [0, 0.1) is 17.7 Å². The fourth-order valence-electron chi connectivity index (χ4n) is 4.42. The standard InChI is InChI=1S/C24H21F4NO4S/c1-2-8-23(31,21(30)29-17-4-6-20-15(12-17)7-11-34(20,32)33)14-22(9-10-22)18-13-16(24(26,27)28)3-5-19(18)25/h3-6,12-13,31H,7,9-11,14H2,1H3,(H,29,30). The number of rotatable bonds is 5. The first-order valence-electron chi connectivity index (χ1n) is 10.5. The lowest BCUT2D eigenvalue weighted by atomic mass is 9.82. The zero-order valence-electron chi connectivity index (χ0n) is 18.1. The Bertz CT molecular complexity index is 1340. The minimum Gasteiger partial charge on any atom is -0.369 e. The number of anilines is 1. The number of aryl methyl sites for hydroxylation is 1. The molecule has 1 aliphatic heterocycles. The SMILES string of the molecule is CC#CC(O)(CC1(c2cc(C(F)(F)F)ccc2F)CC1)C(=O)Nc1ccc2c(c1)CCS2(=O)=O. The van der Waals surface area contributed by atoms with Gasteiger partial charge in [0.1, 0.15) is 5.82 Å². The molecule has 1 amide bonds. The molecule has 1 aliphatic carbocycles. The highest BCUT2D eigenvalue weighted by Gasteiger charge is 2.53. The molecule has 0 spiro atoms. The number of nitrogens with one attached hydrogen (secondary N) is 1. The maximum atomic E-state index is 14.6. The average molecular weight is 495 g/mol. The summed E-state index contributed by atoms with van der Waals surface area (Å²) in [6.45, 7) is 1.39. The van der Waals surface area contributed by atoms with Gasteiger partial charge in [-0.2, -0.15) is 13.2 Å². The van der Waals surface area contributed by atoms with Gasteiger partial charge in [0, 0.05) is 17.5 Å². The molecule has 1 heterocycles. The Morgan fingerprint density at radius 1 is 1.18 bits per heavy atom. The van der Waals surface area contributed by atoms with Crippen LogP contribution in [-0.2, 0) is 32.6 Å². The smallest absolute Gasteiger partial charge is 0.369 e. The lowest BCUT2D eigenvalue weighted by Crippen LogP contribution is -2.44. The van der Waals surface area contributed by atoms with Gasteiger partial charge in [0.2, 0.25) is 5.60 Å². The summed E-state index contributed by atoms with van der Waals surface area (Å²) in [7, 11) is -3.35. The number of alkyl halides is 3. The molecule has 2 aromatic rings. The fourth-order valence-corrected chi connectivity index (χ4v) is 5.97. The van der Waals surface area contributed by atoms with Crippen molar-refractivity contribution in [2.24, 2.45) is 0 Å². The van der Waals surface area contributed by atoms with Crippen LogP contribution in [0.2, 0.25) is 0 Å². The van der Waals surface area contributed by atoms with Gasteiger partial charge < -0.3 is 10.4 Å². The Labute approximate surface area is 194 Å². The Kier molecular flexibility index (Phi) is 5.77. The third-order valence-corrected chi connectivity index (χ3v) is 8.12. The molecule has 2 aliphatic rings. The predicted octanol–water partition coefficient (Wildman–Crippen LogP) is 3.99. The third-order valence-electron chi connectivity index (χ3n) is 6.31. The van der Waals surface area contributed by atoms with Gasteiger partial charge >= 0.3 is 6.18 Å². The molecule has 1 unspecified atom stereocenters. The van der Waals surface area contributed by atoms with Crippen molar-refractivity contribution < 1.29 is 35.9 Å². The van der Waals surface area contributed by atoms with E-state index in [2.05, 4.69) is 17.2 Å². The van der Waals surface area contributed by atoms with Crippen molar-refractivity contribution in [2.75, 3.05) is 11.1 Å².